The summed E-state index contributed by atoms with van der Waals surface area (Å²) in [6.07, 6.45) is 2.16. The van der Waals surface area contributed by atoms with Gasteiger partial charge >= 0.3 is 0 Å². The molecule has 0 bridgehead atoms. The molecule has 2 aromatic carbocycles. The average Bonchev–Trinajstić information content (AvgIpc) is 3.10. The number of benzene rings is 2. The lowest BCUT2D eigenvalue weighted by Gasteiger charge is -2.22. The van der Waals surface area contributed by atoms with E-state index < -0.39 is 0 Å². The molecule has 2 N–H and O–H groups in total. The number of nitrogens with one attached hydrogen (secondary N) is 2. The molecule has 134 valence electrons. The number of likely N-dealkylation sites (N-methyl/N-ethyl adjacent to an activating group) is 1. The van der Waals surface area contributed by atoms with Crippen LogP contribution in [-0.4, -0.2) is 23.1 Å². The second-order valence-electron chi connectivity index (χ2n) is 6.46. The minimum absolute atomic E-state index is 0. The molecular weight excluding hydrogens is 346 g/mol. The van der Waals surface area contributed by atoms with E-state index in [-0.39, 0.29) is 12.4 Å². The molecule has 2 atom stereocenters. The number of H-pyrrole nitrogens is 1. The van der Waals surface area contributed by atoms with Crippen LogP contribution in [0.15, 0.2) is 76.7 Å². The van der Waals surface area contributed by atoms with Gasteiger partial charge in [0.1, 0.15) is 5.69 Å². The zero-order valence-electron chi connectivity index (χ0n) is 15.1. The van der Waals surface area contributed by atoms with Crippen LogP contribution < -0.4 is 17.4 Å². The third-order valence-corrected chi connectivity index (χ3v) is 4.77. The summed E-state index contributed by atoms with van der Waals surface area (Å²) >= 11 is 0. The van der Waals surface area contributed by atoms with Crippen molar-refractivity contribution in [3.8, 4) is 0 Å². The molecule has 6 heteroatoms. The van der Waals surface area contributed by atoms with E-state index in [1.54, 1.807) is 0 Å². The molecule has 1 aromatic heterocycles. The van der Waals surface area contributed by atoms with Crippen LogP contribution in [0.1, 0.15) is 12.6 Å². The second kappa shape index (κ2) is 7.41. The summed E-state index contributed by atoms with van der Waals surface area (Å²) in [7, 11) is 2.10. The Morgan fingerprint density at radius 1 is 1.00 bits per heavy atom. The number of aryl methyl sites for hydroxylation is 1. The predicted octanol–water partition coefficient (Wildman–Crippen LogP) is 0.871. The van der Waals surface area contributed by atoms with E-state index in [0.717, 1.165) is 38.8 Å². The van der Waals surface area contributed by atoms with Crippen molar-refractivity contribution in [2.24, 2.45) is 10.2 Å². The molecule has 0 amide bonds. The Hall–Kier alpha value is -2.47. The summed E-state index contributed by atoms with van der Waals surface area (Å²) in [6, 6.07) is 18.9. The molecule has 1 aliphatic rings. The highest BCUT2D eigenvalue weighted by atomic mass is 35.5. The van der Waals surface area contributed by atoms with Crippen molar-refractivity contribution in [2.45, 2.75) is 19.9 Å². The standard InChI is InChI=1S/C20H21N5.ClH/c1-14-13-19(25(24(14)3)16-9-5-4-6-10-16)22-23-20-15(2)21-18-12-8-7-11-17(18)20;/h4-14,21H,1-3H3;1H. The van der Waals surface area contributed by atoms with Crippen molar-refractivity contribution in [1.29, 1.82) is 0 Å². The molecule has 5 nitrogen and oxygen atoms in total. The highest BCUT2D eigenvalue weighted by molar-refractivity contribution is 5.92. The molecule has 2 unspecified atom stereocenters. The number of hydrogen-bond acceptors (Lipinski definition) is 3. The van der Waals surface area contributed by atoms with Gasteiger partial charge in [-0.05, 0) is 19.9 Å². The average molecular weight is 368 g/mol. The molecule has 0 radical (unpaired) electrons. The highest BCUT2D eigenvalue weighted by Crippen LogP contribution is 2.30. The van der Waals surface area contributed by atoms with Crippen molar-refractivity contribution in [1.82, 2.24) is 9.99 Å². The van der Waals surface area contributed by atoms with Gasteiger partial charge in [-0.1, -0.05) is 41.5 Å². The van der Waals surface area contributed by atoms with Gasteiger partial charge in [0.15, 0.2) is 5.69 Å². The second-order valence-corrected chi connectivity index (χ2v) is 6.46. The summed E-state index contributed by atoms with van der Waals surface area (Å²) in [5.41, 5.74) is 4.19. The molecule has 0 saturated heterocycles. The number of fused-ring (bicyclic) bond motifs is 1. The lowest BCUT2D eigenvalue weighted by atomic mass is 10.2. The number of hydrogen-bond donors (Lipinski definition) is 2. The molecular formula is C20H22ClN5. The summed E-state index contributed by atoms with van der Waals surface area (Å²) in [5.74, 6) is 0.922. The van der Waals surface area contributed by atoms with E-state index in [4.69, 9.17) is 0 Å². The van der Waals surface area contributed by atoms with Gasteiger partial charge in [0.05, 0.1) is 6.04 Å². The molecule has 0 spiro atoms. The number of halogens is 1. The minimum atomic E-state index is 0. The van der Waals surface area contributed by atoms with Crippen LogP contribution in [0.25, 0.3) is 10.9 Å². The monoisotopic (exact) mass is 367 g/mol. The molecule has 0 saturated carbocycles. The van der Waals surface area contributed by atoms with Crippen LogP contribution in [0.4, 0.5) is 11.4 Å². The number of quaternary nitrogens is 1. The number of nitrogens with zero attached hydrogens (tertiary/aromatic N) is 3. The van der Waals surface area contributed by atoms with Crippen LogP contribution in [-0.2, 0) is 0 Å². The van der Waals surface area contributed by atoms with Gasteiger partial charge in [-0.3, -0.25) is 0 Å². The predicted molar refractivity (Wildman–Crippen MR) is 99.9 cm³/mol. The fourth-order valence-electron chi connectivity index (χ4n) is 3.33. The van der Waals surface area contributed by atoms with Crippen molar-refractivity contribution >= 4 is 22.3 Å². The van der Waals surface area contributed by atoms with Gasteiger partial charge in [0, 0.05) is 41.9 Å². The van der Waals surface area contributed by atoms with E-state index in [0.29, 0.717) is 6.04 Å². The topological polar surface area (TPSA) is 48.2 Å². The van der Waals surface area contributed by atoms with E-state index in [1.165, 1.54) is 0 Å². The number of azo groups is 1. The first kappa shape index (κ1) is 18.3. The summed E-state index contributed by atoms with van der Waals surface area (Å²) < 4.78 is 0. The normalized spacial score (nSPS) is 20.5. The van der Waals surface area contributed by atoms with Crippen LogP contribution in [0.2, 0.25) is 0 Å². The molecule has 2 heterocycles. The molecule has 26 heavy (non-hydrogen) atoms. The number of para-hydroxylation sites is 2. The first-order valence-corrected chi connectivity index (χ1v) is 8.51. The van der Waals surface area contributed by atoms with E-state index in [1.807, 2.05) is 25.1 Å². The van der Waals surface area contributed by atoms with Gasteiger partial charge in [-0.15, -0.1) is 10.1 Å². The minimum Gasteiger partial charge on any atom is -1.00 e. The van der Waals surface area contributed by atoms with Crippen molar-refractivity contribution in [2.75, 3.05) is 7.05 Å². The third kappa shape index (κ3) is 3.17. The van der Waals surface area contributed by atoms with Crippen molar-refractivity contribution in [3.63, 3.8) is 0 Å². The van der Waals surface area contributed by atoms with E-state index in [9.17, 15) is 0 Å². The fraction of sp³-hybridized carbons (Fsp3) is 0.200. The number of rotatable bonds is 3. The van der Waals surface area contributed by atoms with Crippen molar-refractivity contribution in [3.05, 3.63) is 72.2 Å². The lowest BCUT2D eigenvalue weighted by molar-refractivity contribution is -0.915. The Morgan fingerprint density at radius 2 is 1.69 bits per heavy atom. The molecule has 3 aromatic rings. The first-order valence-electron chi connectivity index (χ1n) is 8.51. The van der Waals surface area contributed by atoms with E-state index in [2.05, 4.69) is 76.7 Å². The van der Waals surface area contributed by atoms with Crippen LogP contribution in [0.3, 0.4) is 0 Å². The Kier molecular flexibility index (Phi) is 5.23. The smallest absolute Gasteiger partial charge is 0.267 e. The van der Waals surface area contributed by atoms with Gasteiger partial charge in [-0.2, -0.15) is 5.01 Å². The van der Waals surface area contributed by atoms with Gasteiger partial charge in [0.2, 0.25) is 0 Å². The molecule has 4 rings (SSSR count). The van der Waals surface area contributed by atoms with Gasteiger partial charge in [0.25, 0.3) is 5.82 Å². The Bertz CT molecular complexity index is 961. The first-order chi connectivity index (χ1) is 12.1. The maximum atomic E-state index is 4.62. The Balaban J connectivity index is 0.00000196. The largest absolute Gasteiger partial charge is 1.00 e. The Labute approximate surface area is 159 Å². The summed E-state index contributed by atoms with van der Waals surface area (Å²) in [4.78, 5) is 3.37. The highest BCUT2D eigenvalue weighted by Gasteiger charge is 2.34. The number of aromatic amines is 1. The fourth-order valence-corrected chi connectivity index (χ4v) is 3.33. The molecule has 1 aliphatic heterocycles. The quantitative estimate of drug-likeness (QED) is 0.663. The third-order valence-electron chi connectivity index (χ3n) is 4.77. The molecule has 0 fully saturated rings. The van der Waals surface area contributed by atoms with Gasteiger partial charge in [-0.25, -0.2) is 0 Å². The maximum Gasteiger partial charge on any atom is 0.267 e. The van der Waals surface area contributed by atoms with Crippen LogP contribution in [0.5, 0.6) is 0 Å². The van der Waals surface area contributed by atoms with Gasteiger partial charge < -0.3 is 17.4 Å². The summed E-state index contributed by atoms with van der Waals surface area (Å²) in [5, 5.41) is 13.7. The SMILES string of the molecule is Cc1[nH]c2ccccc2c1N=NC1=CC(C)N(C)[NH+]1c1ccccc1.[Cl-]. The van der Waals surface area contributed by atoms with Crippen LogP contribution in [0, 0.1) is 6.92 Å². The van der Waals surface area contributed by atoms with Crippen LogP contribution >= 0.6 is 0 Å². The molecule has 0 aliphatic carbocycles. The maximum absolute atomic E-state index is 4.62. The van der Waals surface area contributed by atoms with E-state index >= 15 is 0 Å². The Morgan fingerprint density at radius 3 is 2.46 bits per heavy atom. The summed E-state index contributed by atoms with van der Waals surface area (Å²) in [6.45, 7) is 4.20. The zero-order valence-corrected chi connectivity index (χ0v) is 15.8. The van der Waals surface area contributed by atoms with Crippen molar-refractivity contribution < 1.29 is 17.4 Å². The lowest BCUT2D eigenvalue weighted by Crippen LogP contribution is -3.10. The number of aromatic nitrogens is 1. The zero-order chi connectivity index (χ0) is 17.4.